The fraction of sp³-hybridized carbons (Fsp3) is 0.615. The lowest BCUT2D eigenvalue weighted by Crippen LogP contribution is -2.41. The lowest BCUT2D eigenvalue weighted by Gasteiger charge is -2.18. The lowest BCUT2D eigenvalue weighted by atomic mass is 10.0. The number of amides is 1. The van der Waals surface area contributed by atoms with E-state index in [1.165, 1.54) is 22.5 Å². The molecule has 0 spiro atoms. The van der Waals surface area contributed by atoms with E-state index in [2.05, 4.69) is 10.3 Å². The van der Waals surface area contributed by atoms with Crippen LogP contribution in [0.5, 0.6) is 0 Å². The van der Waals surface area contributed by atoms with E-state index in [4.69, 9.17) is 0 Å². The Hall–Kier alpha value is -1.34. The number of rotatable bonds is 5. The molecule has 1 unspecified atom stereocenters. The Bertz CT molecular complexity index is 556. The molecule has 0 aliphatic carbocycles. The van der Waals surface area contributed by atoms with Gasteiger partial charge in [0.1, 0.15) is 5.56 Å². The van der Waals surface area contributed by atoms with Crippen LogP contribution in [0.1, 0.15) is 30.6 Å². The monoisotopic (exact) mass is 297 g/mol. The van der Waals surface area contributed by atoms with Crippen LogP contribution >= 0.6 is 11.8 Å². The van der Waals surface area contributed by atoms with Crippen molar-refractivity contribution in [3.8, 4) is 0 Å². The molecule has 6 nitrogen and oxygen atoms in total. The van der Waals surface area contributed by atoms with Crippen LogP contribution in [0, 0.1) is 5.92 Å². The van der Waals surface area contributed by atoms with Crippen LogP contribution in [0.15, 0.2) is 16.1 Å². The fourth-order valence-electron chi connectivity index (χ4n) is 2.18. The largest absolute Gasteiger partial charge is 0.394 e. The molecule has 0 fully saturated rings. The molecule has 0 saturated heterocycles. The molecule has 0 aromatic carbocycles. The summed E-state index contributed by atoms with van der Waals surface area (Å²) in [5.41, 5.74) is -0.266. The van der Waals surface area contributed by atoms with Crippen molar-refractivity contribution in [3.63, 3.8) is 0 Å². The van der Waals surface area contributed by atoms with Crippen LogP contribution < -0.4 is 10.9 Å². The number of nitrogens with zero attached hydrogens (tertiary/aromatic N) is 2. The predicted molar refractivity (Wildman–Crippen MR) is 77.0 cm³/mol. The van der Waals surface area contributed by atoms with E-state index >= 15 is 0 Å². The average Bonchev–Trinajstić information content (AvgIpc) is 2.86. The van der Waals surface area contributed by atoms with E-state index in [0.717, 1.165) is 5.75 Å². The van der Waals surface area contributed by atoms with Gasteiger partial charge in [0.25, 0.3) is 11.5 Å². The average molecular weight is 297 g/mol. The number of fused-ring (bicyclic) bond motifs is 1. The third-order valence-electron chi connectivity index (χ3n) is 3.11. The number of nitrogens with one attached hydrogen (secondary N) is 1. The summed E-state index contributed by atoms with van der Waals surface area (Å²) in [6, 6.07) is -0.338. The number of aliphatic hydroxyl groups excluding tert-OH is 1. The molecule has 1 aromatic rings. The molecular formula is C13H19N3O3S. The summed E-state index contributed by atoms with van der Waals surface area (Å²) in [4.78, 5) is 28.5. The van der Waals surface area contributed by atoms with Crippen molar-refractivity contribution < 1.29 is 9.90 Å². The SMILES string of the molecule is CC(C)CC(CO)NC(=O)c1cnc2n(c1=O)CCS2. The molecule has 20 heavy (non-hydrogen) atoms. The van der Waals surface area contributed by atoms with Crippen LogP contribution in [0.3, 0.4) is 0 Å². The Morgan fingerprint density at radius 2 is 2.35 bits per heavy atom. The van der Waals surface area contributed by atoms with Gasteiger partial charge >= 0.3 is 0 Å². The van der Waals surface area contributed by atoms with Gasteiger partial charge in [0, 0.05) is 18.5 Å². The van der Waals surface area contributed by atoms with Crippen LogP contribution in [0.25, 0.3) is 0 Å². The highest BCUT2D eigenvalue weighted by Crippen LogP contribution is 2.20. The fourth-order valence-corrected chi connectivity index (χ4v) is 3.10. The first-order chi connectivity index (χ1) is 9.52. The molecule has 1 aromatic heterocycles. The van der Waals surface area contributed by atoms with E-state index in [9.17, 15) is 14.7 Å². The molecule has 0 saturated carbocycles. The Kier molecular flexibility index (Phi) is 4.82. The second-order valence-electron chi connectivity index (χ2n) is 5.24. The maximum atomic E-state index is 12.2. The number of hydrogen-bond acceptors (Lipinski definition) is 5. The van der Waals surface area contributed by atoms with E-state index in [0.29, 0.717) is 24.0 Å². The van der Waals surface area contributed by atoms with Gasteiger partial charge in [0.15, 0.2) is 5.16 Å². The number of carbonyl (C=O) groups excluding carboxylic acids is 1. The van der Waals surface area contributed by atoms with Gasteiger partial charge in [-0.1, -0.05) is 25.6 Å². The smallest absolute Gasteiger partial charge is 0.267 e. The summed E-state index contributed by atoms with van der Waals surface area (Å²) in [7, 11) is 0. The lowest BCUT2D eigenvalue weighted by molar-refractivity contribution is 0.0905. The number of aromatic nitrogens is 2. The second kappa shape index (κ2) is 6.41. The minimum atomic E-state index is -0.464. The first-order valence-corrected chi connectivity index (χ1v) is 7.65. The highest BCUT2D eigenvalue weighted by Gasteiger charge is 2.21. The van der Waals surface area contributed by atoms with Crippen molar-refractivity contribution in [2.45, 2.75) is 38.0 Å². The summed E-state index contributed by atoms with van der Waals surface area (Å²) < 4.78 is 1.52. The summed E-state index contributed by atoms with van der Waals surface area (Å²) in [5, 5.41) is 12.6. The minimum Gasteiger partial charge on any atom is -0.394 e. The van der Waals surface area contributed by atoms with Gasteiger partial charge in [-0.2, -0.15) is 0 Å². The van der Waals surface area contributed by atoms with Crippen molar-refractivity contribution in [1.29, 1.82) is 0 Å². The quantitative estimate of drug-likeness (QED) is 0.773. The molecule has 2 N–H and O–H groups in total. The summed E-state index contributed by atoms with van der Waals surface area (Å²) in [5.74, 6) is 0.692. The molecule has 7 heteroatoms. The van der Waals surface area contributed by atoms with Crippen LogP contribution in [0.2, 0.25) is 0 Å². The summed E-state index contributed by atoms with van der Waals surface area (Å²) >= 11 is 1.51. The number of thioether (sulfide) groups is 1. The maximum Gasteiger partial charge on any atom is 0.267 e. The Morgan fingerprint density at radius 3 is 3.00 bits per heavy atom. The van der Waals surface area contributed by atoms with Gasteiger partial charge in [0.05, 0.1) is 12.6 Å². The minimum absolute atomic E-state index is 0.0402. The standard InChI is InChI=1S/C13H19N3O3S/c1-8(2)5-9(7-17)15-11(18)10-6-14-13-16(12(10)19)3-4-20-13/h6,8-9,17H,3-5,7H2,1-2H3,(H,15,18). The van der Waals surface area contributed by atoms with Crippen LogP contribution in [-0.2, 0) is 6.54 Å². The second-order valence-corrected chi connectivity index (χ2v) is 6.30. The molecular weight excluding hydrogens is 278 g/mol. The number of hydrogen-bond donors (Lipinski definition) is 2. The van der Waals surface area contributed by atoms with Crippen molar-refractivity contribution >= 4 is 17.7 Å². The van der Waals surface area contributed by atoms with Gasteiger partial charge in [0.2, 0.25) is 0 Å². The van der Waals surface area contributed by atoms with Gasteiger partial charge in [-0.05, 0) is 12.3 Å². The first-order valence-electron chi connectivity index (χ1n) is 6.67. The Labute approximate surface area is 121 Å². The molecule has 1 atom stereocenters. The van der Waals surface area contributed by atoms with Gasteiger partial charge in [-0.3, -0.25) is 14.2 Å². The van der Waals surface area contributed by atoms with Crippen molar-refractivity contribution in [2.24, 2.45) is 5.92 Å². The topological polar surface area (TPSA) is 84.2 Å². The zero-order valence-electron chi connectivity index (χ0n) is 11.6. The molecule has 1 amide bonds. The predicted octanol–water partition coefficient (Wildman–Crippen LogP) is 0.486. The van der Waals surface area contributed by atoms with Crippen molar-refractivity contribution in [1.82, 2.24) is 14.9 Å². The third-order valence-corrected chi connectivity index (χ3v) is 4.08. The van der Waals surface area contributed by atoms with E-state index in [1.54, 1.807) is 0 Å². The summed E-state index contributed by atoms with van der Waals surface area (Å²) in [6.45, 7) is 4.47. The van der Waals surface area contributed by atoms with Crippen LogP contribution in [-0.4, -0.2) is 39.0 Å². The summed E-state index contributed by atoms with van der Waals surface area (Å²) in [6.07, 6.45) is 1.99. The van der Waals surface area contributed by atoms with E-state index < -0.39 is 5.91 Å². The Balaban J connectivity index is 2.16. The Morgan fingerprint density at radius 1 is 1.60 bits per heavy atom. The number of carbonyl (C=O) groups is 1. The van der Waals surface area contributed by atoms with Crippen molar-refractivity contribution in [2.75, 3.05) is 12.4 Å². The highest BCUT2D eigenvalue weighted by molar-refractivity contribution is 7.99. The molecule has 110 valence electrons. The zero-order chi connectivity index (χ0) is 14.7. The molecule has 2 heterocycles. The molecule has 1 aliphatic heterocycles. The van der Waals surface area contributed by atoms with E-state index in [-0.39, 0.29) is 23.8 Å². The van der Waals surface area contributed by atoms with Crippen LogP contribution in [0.4, 0.5) is 0 Å². The number of aliphatic hydroxyl groups is 1. The third kappa shape index (κ3) is 3.21. The molecule has 2 rings (SSSR count). The van der Waals surface area contributed by atoms with E-state index in [1.807, 2.05) is 13.8 Å². The highest BCUT2D eigenvalue weighted by atomic mass is 32.2. The van der Waals surface area contributed by atoms with Gasteiger partial charge in [-0.15, -0.1) is 0 Å². The zero-order valence-corrected chi connectivity index (χ0v) is 12.4. The van der Waals surface area contributed by atoms with Crippen molar-refractivity contribution in [3.05, 3.63) is 22.1 Å². The molecule has 0 radical (unpaired) electrons. The first kappa shape index (κ1) is 15.1. The van der Waals surface area contributed by atoms with Gasteiger partial charge < -0.3 is 10.4 Å². The molecule has 0 bridgehead atoms. The normalized spacial score (nSPS) is 15.2. The molecule has 1 aliphatic rings. The maximum absolute atomic E-state index is 12.2. The van der Waals surface area contributed by atoms with Gasteiger partial charge in [-0.25, -0.2) is 4.98 Å².